The third-order valence-electron chi connectivity index (χ3n) is 5.50. The van der Waals surface area contributed by atoms with Crippen LogP contribution in [0.15, 0.2) is 48.5 Å². The molecule has 6 nitrogen and oxygen atoms in total. The summed E-state index contributed by atoms with van der Waals surface area (Å²) in [6, 6.07) is 14.9. The van der Waals surface area contributed by atoms with Gasteiger partial charge in [-0.05, 0) is 63.4 Å². The minimum Gasteiger partial charge on any atom is -0.497 e. The molecule has 2 atom stereocenters. The fourth-order valence-corrected chi connectivity index (χ4v) is 3.17. The van der Waals surface area contributed by atoms with Crippen molar-refractivity contribution < 1.29 is 19.1 Å². The summed E-state index contributed by atoms with van der Waals surface area (Å²) in [5, 5.41) is 2.99. The van der Waals surface area contributed by atoms with E-state index in [9.17, 15) is 9.59 Å². The SMILES string of the molecule is CC[C@@H](C)NC(=O)[C@@H](C)N(Cc1ccc(C)cc1)C(=O)CCCOc1ccc(OC)cc1. The van der Waals surface area contributed by atoms with Crippen molar-refractivity contribution in [2.24, 2.45) is 0 Å². The Morgan fingerprint density at radius 2 is 1.62 bits per heavy atom. The van der Waals surface area contributed by atoms with E-state index in [2.05, 4.69) is 5.32 Å². The third kappa shape index (κ3) is 7.91. The predicted octanol–water partition coefficient (Wildman–Crippen LogP) is 4.49. The second-order valence-corrected chi connectivity index (χ2v) is 8.13. The highest BCUT2D eigenvalue weighted by molar-refractivity contribution is 5.87. The van der Waals surface area contributed by atoms with Gasteiger partial charge in [-0.1, -0.05) is 36.8 Å². The van der Waals surface area contributed by atoms with Crippen LogP contribution in [0, 0.1) is 6.92 Å². The predicted molar refractivity (Wildman–Crippen MR) is 127 cm³/mol. The third-order valence-corrected chi connectivity index (χ3v) is 5.50. The minimum absolute atomic E-state index is 0.0595. The number of nitrogens with one attached hydrogen (secondary N) is 1. The van der Waals surface area contributed by atoms with Gasteiger partial charge in [-0.2, -0.15) is 0 Å². The van der Waals surface area contributed by atoms with Gasteiger partial charge in [0.2, 0.25) is 11.8 Å². The molecule has 2 aromatic carbocycles. The normalized spacial score (nSPS) is 12.5. The Kier molecular flexibility index (Phi) is 10.1. The molecule has 0 saturated heterocycles. The molecule has 0 aliphatic rings. The molecular formula is C26H36N2O4. The maximum absolute atomic E-state index is 13.1. The van der Waals surface area contributed by atoms with Crippen LogP contribution in [0.2, 0.25) is 0 Å². The van der Waals surface area contributed by atoms with Crippen LogP contribution in [-0.4, -0.2) is 42.5 Å². The number of carbonyl (C=O) groups is 2. The zero-order chi connectivity index (χ0) is 23.5. The number of rotatable bonds is 12. The molecule has 0 fully saturated rings. The molecule has 0 aliphatic heterocycles. The van der Waals surface area contributed by atoms with E-state index in [1.165, 1.54) is 0 Å². The lowest BCUT2D eigenvalue weighted by Gasteiger charge is -2.30. The second-order valence-electron chi connectivity index (χ2n) is 8.13. The summed E-state index contributed by atoms with van der Waals surface area (Å²) in [6.07, 6.45) is 1.71. The van der Waals surface area contributed by atoms with Crippen LogP contribution in [-0.2, 0) is 16.1 Å². The van der Waals surface area contributed by atoms with Crippen molar-refractivity contribution >= 4 is 11.8 Å². The molecule has 6 heteroatoms. The van der Waals surface area contributed by atoms with E-state index in [-0.39, 0.29) is 17.9 Å². The Labute approximate surface area is 191 Å². The van der Waals surface area contributed by atoms with Gasteiger partial charge in [0.1, 0.15) is 17.5 Å². The molecule has 0 saturated carbocycles. The molecule has 32 heavy (non-hydrogen) atoms. The van der Waals surface area contributed by atoms with Gasteiger partial charge in [0.25, 0.3) is 0 Å². The number of hydrogen-bond donors (Lipinski definition) is 1. The quantitative estimate of drug-likeness (QED) is 0.494. The fourth-order valence-electron chi connectivity index (χ4n) is 3.17. The lowest BCUT2D eigenvalue weighted by Crippen LogP contribution is -2.49. The molecular weight excluding hydrogens is 404 g/mol. The number of ether oxygens (including phenoxy) is 2. The van der Waals surface area contributed by atoms with E-state index in [0.29, 0.717) is 26.0 Å². The van der Waals surface area contributed by atoms with E-state index >= 15 is 0 Å². The van der Waals surface area contributed by atoms with E-state index in [1.54, 1.807) is 18.9 Å². The van der Waals surface area contributed by atoms with Gasteiger partial charge in [0, 0.05) is 19.0 Å². The molecule has 2 aromatic rings. The van der Waals surface area contributed by atoms with Gasteiger partial charge < -0.3 is 19.7 Å². The van der Waals surface area contributed by atoms with E-state index in [4.69, 9.17) is 9.47 Å². The first-order chi connectivity index (χ1) is 15.3. The molecule has 0 bridgehead atoms. The molecule has 0 aliphatic carbocycles. The Bertz CT molecular complexity index is 849. The highest BCUT2D eigenvalue weighted by atomic mass is 16.5. The first-order valence-electron chi connectivity index (χ1n) is 11.3. The number of carbonyl (C=O) groups excluding carboxylic acids is 2. The topological polar surface area (TPSA) is 67.9 Å². The monoisotopic (exact) mass is 440 g/mol. The number of aryl methyl sites for hydroxylation is 1. The zero-order valence-corrected chi connectivity index (χ0v) is 19.9. The maximum atomic E-state index is 13.1. The van der Waals surface area contributed by atoms with Crippen LogP contribution in [0.5, 0.6) is 11.5 Å². The summed E-state index contributed by atoms with van der Waals surface area (Å²) in [7, 11) is 1.62. The second kappa shape index (κ2) is 12.7. The fraction of sp³-hybridized carbons (Fsp3) is 0.462. The van der Waals surface area contributed by atoms with Gasteiger partial charge in [0.15, 0.2) is 0 Å². The van der Waals surface area contributed by atoms with E-state index in [0.717, 1.165) is 29.0 Å². The number of amides is 2. The summed E-state index contributed by atoms with van der Waals surface area (Å²) < 4.78 is 10.9. The van der Waals surface area contributed by atoms with Gasteiger partial charge in [-0.25, -0.2) is 0 Å². The summed E-state index contributed by atoms with van der Waals surface area (Å²) in [4.78, 5) is 27.5. The largest absolute Gasteiger partial charge is 0.497 e. The molecule has 2 rings (SSSR count). The first-order valence-corrected chi connectivity index (χ1v) is 11.3. The van der Waals surface area contributed by atoms with Gasteiger partial charge in [-0.3, -0.25) is 9.59 Å². The highest BCUT2D eigenvalue weighted by Crippen LogP contribution is 2.18. The molecule has 174 valence electrons. The molecule has 0 aromatic heterocycles. The molecule has 0 spiro atoms. The van der Waals surface area contributed by atoms with Crippen LogP contribution < -0.4 is 14.8 Å². The average Bonchev–Trinajstić information content (AvgIpc) is 2.81. The van der Waals surface area contributed by atoms with E-state index < -0.39 is 6.04 Å². The van der Waals surface area contributed by atoms with E-state index in [1.807, 2.05) is 69.3 Å². The number of benzene rings is 2. The molecule has 0 heterocycles. The number of nitrogens with zero attached hydrogens (tertiary/aromatic N) is 1. The molecule has 2 amide bonds. The zero-order valence-electron chi connectivity index (χ0n) is 19.9. The van der Waals surface area contributed by atoms with Gasteiger partial charge >= 0.3 is 0 Å². The lowest BCUT2D eigenvalue weighted by molar-refractivity contribution is -0.141. The maximum Gasteiger partial charge on any atom is 0.242 e. The Morgan fingerprint density at radius 3 is 2.22 bits per heavy atom. The Balaban J connectivity index is 1.98. The minimum atomic E-state index is -0.555. The lowest BCUT2D eigenvalue weighted by atomic mass is 10.1. The van der Waals surface area contributed by atoms with Gasteiger partial charge in [-0.15, -0.1) is 0 Å². The highest BCUT2D eigenvalue weighted by Gasteiger charge is 2.26. The standard InChI is InChI=1S/C26H36N2O4/c1-6-20(3)27-26(30)21(4)28(18-22-11-9-19(2)10-12-22)25(29)8-7-17-32-24-15-13-23(31-5)14-16-24/h9-16,20-21H,6-8,17-18H2,1-5H3,(H,27,30)/t20-,21-/m1/s1. The smallest absolute Gasteiger partial charge is 0.242 e. The molecule has 0 unspecified atom stereocenters. The van der Waals surface area contributed by atoms with Crippen molar-refractivity contribution in [3.63, 3.8) is 0 Å². The number of methoxy groups -OCH3 is 1. The number of hydrogen-bond acceptors (Lipinski definition) is 4. The van der Waals surface area contributed by atoms with Crippen LogP contribution >= 0.6 is 0 Å². The summed E-state index contributed by atoms with van der Waals surface area (Å²) >= 11 is 0. The van der Waals surface area contributed by atoms with Crippen molar-refractivity contribution in [2.75, 3.05) is 13.7 Å². The van der Waals surface area contributed by atoms with Crippen molar-refractivity contribution in [1.82, 2.24) is 10.2 Å². The van der Waals surface area contributed by atoms with Crippen LogP contribution in [0.4, 0.5) is 0 Å². The Morgan fingerprint density at radius 1 is 1.00 bits per heavy atom. The summed E-state index contributed by atoms with van der Waals surface area (Å²) in [5.41, 5.74) is 2.16. The van der Waals surface area contributed by atoms with Crippen LogP contribution in [0.3, 0.4) is 0 Å². The van der Waals surface area contributed by atoms with Crippen molar-refractivity contribution in [3.05, 3.63) is 59.7 Å². The summed E-state index contributed by atoms with van der Waals surface area (Å²) in [5.74, 6) is 1.31. The average molecular weight is 441 g/mol. The van der Waals surface area contributed by atoms with Crippen molar-refractivity contribution in [1.29, 1.82) is 0 Å². The molecule has 1 N–H and O–H groups in total. The van der Waals surface area contributed by atoms with Crippen molar-refractivity contribution in [3.8, 4) is 11.5 Å². The Hall–Kier alpha value is -3.02. The van der Waals surface area contributed by atoms with Gasteiger partial charge in [0.05, 0.1) is 13.7 Å². The van der Waals surface area contributed by atoms with Crippen LogP contribution in [0.1, 0.15) is 51.2 Å². The van der Waals surface area contributed by atoms with Crippen LogP contribution in [0.25, 0.3) is 0 Å². The molecule has 0 radical (unpaired) electrons. The summed E-state index contributed by atoms with van der Waals surface area (Å²) in [6.45, 7) is 8.62. The first kappa shape index (κ1) is 25.2. The van der Waals surface area contributed by atoms with Crippen molar-refractivity contribution in [2.45, 2.75) is 65.6 Å².